The van der Waals surface area contributed by atoms with Gasteiger partial charge in [-0.1, -0.05) is 23.7 Å². The van der Waals surface area contributed by atoms with Crippen LogP contribution in [0.1, 0.15) is 32.4 Å². The van der Waals surface area contributed by atoms with E-state index in [1.54, 1.807) is 6.92 Å². The van der Waals surface area contributed by atoms with Crippen molar-refractivity contribution < 1.29 is 9.53 Å². The van der Waals surface area contributed by atoms with Gasteiger partial charge in [-0.2, -0.15) is 0 Å². The summed E-state index contributed by atoms with van der Waals surface area (Å²) < 4.78 is 4.91. The number of guanidine groups is 1. The number of rotatable bonds is 3. The Morgan fingerprint density at radius 2 is 2.14 bits per heavy atom. The summed E-state index contributed by atoms with van der Waals surface area (Å²) >= 11 is 5.93. The molecular formula is C15H20ClN3O2. The molecule has 1 amide bonds. The number of nitrogens with one attached hydrogen (secondary N) is 1. The van der Waals surface area contributed by atoms with E-state index in [-0.39, 0.29) is 12.1 Å². The van der Waals surface area contributed by atoms with Gasteiger partial charge in [-0.05, 0) is 38.5 Å². The van der Waals surface area contributed by atoms with Crippen molar-refractivity contribution >= 4 is 23.7 Å². The number of amides is 1. The summed E-state index contributed by atoms with van der Waals surface area (Å²) in [7, 11) is 0. The van der Waals surface area contributed by atoms with Crippen molar-refractivity contribution in [3.63, 3.8) is 0 Å². The first-order valence-electron chi connectivity index (χ1n) is 7.05. The standard InChI is InChI=1S/C15H20ClN3O2/c1-4-21-15(20)18-14-17-9-13(19(14)10(2)3)11-5-7-12(16)8-6-11/h5-8,10,13H,4,9H2,1-3H3,(H,17,18,20). The number of alkyl carbamates (subject to hydrolysis) is 1. The molecule has 6 heteroatoms. The molecule has 0 fully saturated rings. The Kier molecular flexibility index (Phi) is 5.07. The highest BCUT2D eigenvalue weighted by Crippen LogP contribution is 2.28. The lowest BCUT2D eigenvalue weighted by molar-refractivity contribution is 0.155. The summed E-state index contributed by atoms with van der Waals surface area (Å²) in [6.45, 7) is 6.84. The van der Waals surface area contributed by atoms with Crippen LogP contribution in [-0.2, 0) is 4.74 Å². The molecule has 1 aliphatic heterocycles. The molecule has 0 bridgehead atoms. The lowest BCUT2D eigenvalue weighted by Crippen LogP contribution is -2.46. The van der Waals surface area contributed by atoms with Crippen molar-refractivity contribution in [1.29, 1.82) is 0 Å². The van der Waals surface area contributed by atoms with E-state index < -0.39 is 6.09 Å². The topological polar surface area (TPSA) is 53.9 Å². The zero-order valence-corrected chi connectivity index (χ0v) is 13.2. The second kappa shape index (κ2) is 6.80. The van der Waals surface area contributed by atoms with Crippen LogP contribution >= 0.6 is 11.6 Å². The molecule has 0 saturated carbocycles. The minimum Gasteiger partial charge on any atom is -0.450 e. The highest BCUT2D eigenvalue weighted by atomic mass is 35.5. The van der Waals surface area contributed by atoms with E-state index in [9.17, 15) is 4.79 Å². The number of hydrogen-bond donors (Lipinski definition) is 1. The van der Waals surface area contributed by atoms with Gasteiger partial charge in [0, 0.05) is 11.1 Å². The van der Waals surface area contributed by atoms with Crippen molar-refractivity contribution in [3.05, 3.63) is 34.9 Å². The van der Waals surface area contributed by atoms with Crippen molar-refractivity contribution in [2.24, 2.45) is 4.99 Å². The molecule has 1 aliphatic rings. The molecule has 1 atom stereocenters. The van der Waals surface area contributed by atoms with E-state index in [0.29, 0.717) is 24.1 Å². The van der Waals surface area contributed by atoms with E-state index in [4.69, 9.17) is 16.3 Å². The average molecular weight is 310 g/mol. The van der Waals surface area contributed by atoms with Gasteiger partial charge in [-0.3, -0.25) is 10.3 Å². The molecule has 1 unspecified atom stereocenters. The number of carbonyl (C=O) groups is 1. The number of aliphatic imine (C=N–C) groups is 1. The van der Waals surface area contributed by atoms with Crippen molar-refractivity contribution in [2.45, 2.75) is 32.9 Å². The second-order valence-electron chi connectivity index (χ2n) is 5.08. The smallest absolute Gasteiger partial charge is 0.413 e. The third-order valence-electron chi connectivity index (χ3n) is 3.29. The van der Waals surface area contributed by atoms with E-state index in [2.05, 4.69) is 29.1 Å². The molecule has 114 valence electrons. The molecule has 1 N–H and O–H groups in total. The minimum atomic E-state index is -0.473. The summed E-state index contributed by atoms with van der Waals surface area (Å²) in [5.74, 6) is 0.559. The van der Waals surface area contributed by atoms with Crippen molar-refractivity contribution in [3.8, 4) is 0 Å². The van der Waals surface area contributed by atoms with Crippen LogP contribution < -0.4 is 5.32 Å². The number of benzene rings is 1. The molecule has 0 spiro atoms. The maximum Gasteiger partial charge on any atom is 0.413 e. The Hall–Kier alpha value is -1.75. The van der Waals surface area contributed by atoms with Crippen molar-refractivity contribution in [1.82, 2.24) is 10.2 Å². The van der Waals surface area contributed by atoms with Crippen LogP contribution in [0.3, 0.4) is 0 Å². The monoisotopic (exact) mass is 309 g/mol. The van der Waals surface area contributed by atoms with Gasteiger partial charge in [-0.25, -0.2) is 4.79 Å². The maximum atomic E-state index is 11.6. The van der Waals surface area contributed by atoms with Gasteiger partial charge in [0.05, 0.1) is 19.2 Å². The Bertz CT molecular complexity index is 528. The number of halogens is 1. The molecule has 0 radical (unpaired) electrons. The van der Waals surface area contributed by atoms with Gasteiger partial charge >= 0.3 is 6.09 Å². The first kappa shape index (κ1) is 15.6. The van der Waals surface area contributed by atoms with Gasteiger partial charge in [0.1, 0.15) is 0 Å². The highest BCUT2D eigenvalue weighted by molar-refractivity contribution is 6.30. The van der Waals surface area contributed by atoms with Gasteiger partial charge < -0.3 is 9.64 Å². The van der Waals surface area contributed by atoms with Crippen LogP contribution in [-0.4, -0.2) is 36.1 Å². The number of ether oxygens (including phenoxy) is 1. The minimum absolute atomic E-state index is 0.0965. The van der Waals surface area contributed by atoms with E-state index in [0.717, 1.165) is 5.56 Å². The molecule has 0 aliphatic carbocycles. The summed E-state index contributed by atoms with van der Waals surface area (Å²) in [5, 5.41) is 3.42. The second-order valence-corrected chi connectivity index (χ2v) is 5.51. The van der Waals surface area contributed by atoms with Gasteiger partial charge in [-0.15, -0.1) is 0 Å². The third-order valence-corrected chi connectivity index (χ3v) is 3.55. The maximum absolute atomic E-state index is 11.6. The number of hydrogen-bond acceptors (Lipinski definition) is 4. The predicted molar refractivity (Wildman–Crippen MR) is 83.6 cm³/mol. The zero-order valence-electron chi connectivity index (χ0n) is 12.5. The van der Waals surface area contributed by atoms with E-state index in [1.165, 1.54) is 0 Å². The fraction of sp³-hybridized carbons (Fsp3) is 0.467. The molecule has 5 nitrogen and oxygen atoms in total. The molecular weight excluding hydrogens is 290 g/mol. The van der Waals surface area contributed by atoms with Crippen LogP contribution in [0.2, 0.25) is 5.02 Å². The molecule has 1 aromatic rings. The first-order chi connectivity index (χ1) is 10.0. The molecule has 0 aromatic heterocycles. The summed E-state index contributed by atoms with van der Waals surface area (Å²) in [6.07, 6.45) is -0.473. The molecule has 0 saturated heterocycles. The average Bonchev–Trinajstić information content (AvgIpc) is 2.83. The molecule has 21 heavy (non-hydrogen) atoms. The van der Waals surface area contributed by atoms with Crippen LogP contribution in [0.4, 0.5) is 4.79 Å². The van der Waals surface area contributed by atoms with Crippen LogP contribution in [0.25, 0.3) is 0 Å². The lowest BCUT2D eigenvalue weighted by Gasteiger charge is -2.31. The molecule has 2 rings (SSSR count). The Morgan fingerprint density at radius 1 is 1.48 bits per heavy atom. The van der Waals surface area contributed by atoms with Gasteiger partial charge in [0.15, 0.2) is 0 Å². The Labute approximate surface area is 129 Å². The van der Waals surface area contributed by atoms with E-state index in [1.807, 2.05) is 24.3 Å². The van der Waals surface area contributed by atoms with Gasteiger partial charge in [0.25, 0.3) is 0 Å². The molecule has 1 heterocycles. The first-order valence-corrected chi connectivity index (χ1v) is 7.42. The number of carbonyl (C=O) groups excluding carboxylic acids is 1. The fourth-order valence-electron chi connectivity index (χ4n) is 2.41. The normalized spacial score (nSPS) is 17.9. The van der Waals surface area contributed by atoms with Gasteiger partial charge in [0.2, 0.25) is 5.96 Å². The largest absolute Gasteiger partial charge is 0.450 e. The summed E-state index contributed by atoms with van der Waals surface area (Å²) in [5.41, 5.74) is 1.12. The third kappa shape index (κ3) is 3.67. The number of nitrogens with zero attached hydrogens (tertiary/aromatic N) is 2. The van der Waals surface area contributed by atoms with Crippen LogP contribution in [0, 0.1) is 0 Å². The quantitative estimate of drug-likeness (QED) is 0.933. The highest BCUT2D eigenvalue weighted by Gasteiger charge is 2.32. The van der Waals surface area contributed by atoms with Crippen LogP contribution in [0.15, 0.2) is 29.3 Å². The molecule has 1 aromatic carbocycles. The zero-order chi connectivity index (χ0) is 15.4. The lowest BCUT2D eigenvalue weighted by atomic mass is 10.1. The van der Waals surface area contributed by atoms with Crippen molar-refractivity contribution in [2.75, 3.05) is 13.2 Å². The summed E-state index contributed by atoms with van der Waals surface area (Å²) in [6, 6.07) is 8.02. The SMILES string of the molecule is CCOC(=O)NC1=NCC(c2ccc(Cl)cc2)N1C(C)C. The predicted octanol–water partition coefficient (Wildman–Crippen LogP) is 3.21. The Morgan fingerprint density at radius 3 is 2.71 bits per heavy atom. The van der Waals surface area contributed by atoms with Crippen LogP contribution in [0.5, 0.6) is 0 Å². The van der Waals surface area contributed by atoms with E-state index >= 15 is 0 Å². The fourth-order valence-corrected chi connectivity index (χ4v) is 2.53. The Balaban J connectivity index is 2.15. The summed E-state index contributed by atoms with van der Waals surface area (Å²) in [4.78, 5) is 18.1.